The Labute approximate surface area is 92.3 Å². The molecule has 6 heteroatoms. The van der Waals surface area contributed by atoms with Crippen LogP contribution in [-0.2, 0) is 4.74 Å². The molecule has 1 unspecified atom stereocenters. The molecule has 0 aromatic carbocycles. The van der Waals surface area contributed by atoms with Gasteiger partial charge >= 0.3 is 6.18 Å². The van der Waals surface area contributed by atoms with Crippen molar-refractivity contribution in [2.24, 2.45) is 5.92 Å². The van der Waals surface area contributed by atoms with Crippen molar-refractivity contribution in [3.05, 3.63) is 0 Å². The van der Waals surface area contributed by atoms with Gasteiger partial charge in [-0.15, -0.1) is 11.6 Å². The van der Waals surface area contributed by atoms with Crippen molar-refractivity contribution in [2.75, 3.05) is 38.7 Å². The van der Waals surface area contributed by atoms with E-state index < -0.39 is 12.7 Å². The molecule has 0 aliphatic carbocycles. The fraction of sp³-hybridized carbons (Fsp3) is 1.00. The van der Waals surface area contributed by atoms with E-state index in [4.69, 9.17) is 16.3 Å². The molecule has 1 fully saturated rings. The quantitative estimate of drug-likeness (QED) is 0.688. The van der Waals surface area contributed by atoms with Crippen LogP contribution in [-0.4, -0.2) is 49.8 Å². The topological polar surface area (TPSA) is 12.5 Å². The summed E-state index contributed by atoms with van der Waals surface area (Å²) in [7, 11) is 0. The Bertz CT molecular complexity index is 183. The molecule has 2 nitrogen and oxygen atoms in total. The predicted octanol–water partition coefficient (Wildman–Crippen LogP) is 2.13. The van der Waals surface area contributed by atoms with E-state index in [2.05, 4.69) is 0 Å². The molecular formula is C9H15ClF3NO. The van der Waals surface area contributed by atoms with E-state index >= 15 is 0 Å². The summed E-state index contributed by atoms with van der Waals surface area (Å²) < 4.78 is 41.7. The van der Waals surface area contributed by atoms with Gasteiger partial charge in [-0.3, -0.25) is 4.90 Å². The van der Waals surface area contributed by atoms with Crippen molar-refractivity contribution in [2.45, 2.75) is 12.6 Å². The number of nitrogens with zero attached hydrogens (tertiary/aromatic N) is 1. The third-order valence-corrected chi connectivity index (χ3v) is 2.51. The normalized spacial score (nSPS) is 22.6. The van der Waals surface area contributed by atoms with E-state index in [1.54, 1.807) is 0 Å². The van der Waals surface area contributed by atoms with Crippen LogP contribution in [0.25, 0.3) is 0 Å². The van der Waals surface area contributed by atoms with Gasteiger partial charge in [0.15, 0.2) is 0 Å². The molecule has 0 saturated carbocycles. The lowest BCUT2D eigenvalue weighted by Gasteiger charge is -2.24. The van der Waals surface area contributed by atoms with Gasteiger partial charge in [-0.05, 0) is 12.3 Å². The lowest BCUT2D eigenvalue weighted by Crippen LogP contribution is -2.38. The highest BCUT2D eigenvalue weighted by Crippen LogP contribution is 2.19. The molecule has 1 aliphatic rings. The monoisotopic (exact) mass is 245 g/mol. The Morgan fingerprint density at radius 2 is 2.13 bits per heavy atom. The lowest BCUT2D eigenvalue weighted by atomic mass is 10.1. The number of rotatable bonds is 5. The van der Waals surface area contributed by atoms with Crippen LogP contribution in [0.1, 0.15) is 6.42 Å². The average molecular weight is 246 g/mol. The minimum absolute atomic E-state index is 0.218. The zero-order chi connectivity index (χ0) is 11.3. The summed E-state index contributed by atoms with van der Waals surface area (Å²) in [5.41, 5.74) is 0. The first kappa shape index (κ1) is 13.1. The smallest absolute Gasteiger partial charge is 0.381 e. The maximum absolute atomic E-state index is 12.2. The third kappa shape index (κ3) is 5.58. The van der Waals surface area contributed by atoms with Gasteiger partial charge in [0.05, 0.1) is 13.2 Å². The van der Waals surface area contributed by atoms with Crippen LogP contribution in [0.3, 0.4) is 0 Å². The summed E-state index contributed by atoms with van der Waals surface area (Å²) in [6, 6.07) is 0. The largest absolute Gasteiger partial charge is 0.401 e. The van der Waals surface area contributed by atoms with Crippen LogP contribution in [0.15, 0.2) is 0 Å². The first-order valence-corrected chi connectivity index (χ1v) is 5.47. The fourth-order valence-electron chi connectivity index (χ4n) is 1.70. The molecule has 0 N–H and O–H groups in total. The van der Waals surface area contributed by atoms with E-state index in [0.29, 0.717) is 19.8 Å². The van der Waals surface area contributed by atoms with Gasteiger partial charge in [-0.2, -0.15) is 13.2 Å². The third-order valence-electron chi connectivity index (χ3n) is 2.34. The summed E-state index contributed by atoms with van der Waals surface area (Å²) in [5.74, 6) is 0.444. The SMILES string of the molecule is FC(F)(F)CN(CCCl)CC1CCOC1. The zero-order valence-electron chi connectivity index (χ0n) is 8.39. The first-order chi connectivity index (χ1) is 7.01. The predicted molar refractivity (Wildman–Crippen MR) is 52.1 cm³/mol. The van der Waals surface area contributed by atoms with Gasteiger partial charge in [0.1, 0.15) is 0 Å². The highest BCUT2D eigenvalue weighted by molar-refractivity contribution is 6.18. The molecular weight excluding hydrogens is 231 g/mol. The number of hydrogen-bond donors (Lipinski definition) is 0. The molecule has 0 aromatic rings. The number of hydrogen-bond acceptors (Lipinski definition) is 2. The van der Waals surface area contributed by atoms with E-state index in [1.165, 1.54) is 4.90 Å². The Morgan fingerprint density at radius 1 is 1.40 bits per heavy atom. The average Bonchev–Trinajstić information content (AvgIpc) is 2.54. The van der Waals surface area contributed by atoms with E-state index in [9.17, 15) is 13.2 Å². The summed E-state index contributed by atoms with van der Waals surface area (Å²) in [6.07, 6.45) is -3.30. The second-order valence-corrected chi connectivity index (χ2v) is 4.15. The number of halogens is 4. The second kappa shape index (κ2) is 5.92. The molecule has 0 bridgehead atoms. The molecule has 90 valence electrons. The van der Waals surface area contributed by atoms with Crippen LogP contribution >= 0.6 is 11.6 Å². The van der Waals surface area contributed by atoms with E-state index in [0.717, 1.165) is 6.42 Å². The van der Waals surface area contributed by atoms with Gasteiger partial charge < -0.3 is 4.74 Å². The van der Waals surface area contributed by atoms with Gasteiger partial charge in [0.2, 0.25) is 0 Å². The summed E-state index contributed by atoms with van der Waals surface area (Å²) in [6.45, 7) is 1.04. The van der Waals surface area contributed by atoms with Gasteiger partial charge in [0, 0.05) is 25.6 Å². The van der Waals surface area contributed by atoms with Crippen LogP contribution in [0.5, 0.6) is 0 Å². The maximum atomic E-state index is 12.2. The lowest BCUT2D eigenvalue weighted by molar-refractivity contribution is -0.146. The molecule has 0 amide bonds. The van der Waals surface area contributed by atoms with Crippen molar-refractivity contribution in [3.63, 3.8) is 0 Å². The Kier molecular flexibility index (Phi) is 5.15. The standard InChI is InChI=1S/C9H15ClF3NO/c10-2-3-14(7-9(11,12)13)5-8-1-4-15-6-8/h8H,1-7H2. The first-order valence-electron chi connectivity index (χ1n) is 4.94. The molecule has 15 heavy (non-hydrogen) atoms. The van der Waals surface area contributed by atoms with Gasteiger partial charge in [-0.1, -0.05) is 0 Å². The number of ether oxygens (including phenoxy) is 1. The van der Waals surface area contributed by atoms with E-state index in [-0.39, 0.29) is 18.3 Å². The molecule has 0 spiro atoms. The zero-order valence-corrected chi connectivity index (χ0v) is 9.15. The van der Waals surface area contributed by atoms with Crippen LogP contribution < -0.4 is 0 Å². The van der Waals surface area contributed by atoms with Crippen molar-refractivity contribution in [1.82, 2.24) is 4.90 Å². The highest BCUT2D eigenvalue weighted by Gasteiger charge is 2.31. The van der Waals surface area contributed by atoms with Crippen molar-refractivity contribution in [3.8, 4) is 0 Å². The van der Waals surface area contributed by atoms with Crippen LogP contribution in [0.4, 0.5) is 13.2 Å². The van der Waals surface area contributed by atoms with Gasteiger partial charge in [-0.25, -0.2) is 0 Å². The Hall–Kier alpha value is -0.0000000000000000208. The summed E-state index contributed by atoms with van der Waals surface area (Å²) >= 11 is 5.47. The second-order valence-electron chi connectivity index (χ2n) is 3.77. The summed E-state index contributed by atoms with van der Waals surface area (Å²) in [4.78, 5) is 1.35. The van der Waals surface area contributed by atoms with Crippen LogP contribution in [0.2, 0.25) is 0 Å². The Morgan fingerprint density at radius 3 is 2.60 bits per heavy atom. The Balaban J connectivity index is 2.35. The molecule has 0 radical (unpaired) electrons. The summed E-state index contributed by atoms with van der Waals surface area (Å²) in [5, 5.41) is 0. The van der Waals surface area contributed by atoms with Crippen molar-refractivity contribution >= 4 is 11.6 Å². The van der Waals surface area contributed by atoms with Gasteiger partial charge in [0.25, 0.3) is 0 Å². The molecule has 0 aromatic heterocycles. The van der Waals surface area contributed by atoms with Crippen molar-refractivity contribution in [1.29, 1.82) is 0 Å². The minimum atomic E-state index is -4.15. The van der Waals surface area contributed by atoms with E-state index in [1.807, 2.05) is 0 Å². The molecule has 1 atom stereocenters. The minimum Gasteiger partial charge on any atom is -0.381 e. The molecule has 1 heterocycles. The maximum Gasteiger partial charge on any atom is 0.401 e. The highest BCUT2D eigenvalue weighted by atomic mass is 35.5. The molecule has 1 aliphatic heterocycles. The van der Waals surface area contributed by atoms with Crippen LogP contribution in [0, 0.1) is 5.92 Å². The molecule has 1 saturated heterocycles. The fourth-order valence-corrected chi connectivity index (χ4v) is 1.94. The van der Waals surface area contributed by atoms with Crippen molar-refractivity contribution < 1.29 is 17.9 Å². The molecule has 1 rings (SSSR count). The number of alkyl halides is 4.